The van der Waals surface area contributed by atoms with Gasteiger partial charge in [-0.05, 0) is 38.9 Å². The number of nitrogens with zero attached hydrogens (tertiary/aromatic N) is 3. The minimum absolute atomic E-state index is 0.0516. The van der Waals surface area contributed by atoms with Gasteiger partial charge in [-0.2, -0.15) is 5.10 Å². The first-order valence-electron chi connectivity index (χ1n) is 7.52. The summed E-state index contributed by atoms with van der Waals surface area (Å²) in [6.45, 7) is 2.77. The highest BCUT2D eigenvalue weighted by atomic mass is 16.2. The van der Waals surface area contributed by atoms with Crippen molar-refractivity contribution in [1.82, 2.24) is 20.0 Å². The van der Waals surface area contributed by atoms with Crippen molar-refractivity contribution in [1.29, 1.82) is 0 Å². The molecule has 0 saturated carbocycles. The van der Waals surface area contributed by atoms with Crippen LogP contribution in [0.4, 0.5) is 0 Å². The molecule has 0 unspecified atom stereocenters. The number of aromatic amines is 1. The van der Waals surface area contributed by atoms with Gasteiger partial charge in [0.2, 0.25) is 0 Å². The van der Waals surface area contributed by atoms with Gasteiger partial charge in [-0.15, -0.1) is 0 Å². The van der Waals surface area contributed by atoms with Crippen LogP contribution in [0, 0.1) is 5.92 Å². The van der Waals surface area contributed by atoms with Gasteiger partial charge in [-0.25, -0.2) is 0 Å². The Hall–Kier alpha value is -1.88. The highest BCUT2D eigenvalue weighted by Gasteiger charge is 2.26. The summed E-state index contributed by atoms with van der Waals surface area (Å²) in [6, 6.07) is 7.78. The molecule has 1 N–H and O–H groups in total. The number of amides is 1. The van der Waals surface area contributed by atoms with Crippen molar-refractivity contribution >= 4 is 16.8 Å². The van der Waals surface area contributed by atoms with Crippen LogP contribution in [0.25, 0.3) is 10.9 Å². The number of aromatic nitrogens is 2. The van der Waals surface area contributed by atoms with Gasteiger partial charge in [-0.1, -0.05) is 18.2 Å². The largest absolute Gasteiger partial charge is 0.337 e. The standard InChI is InChI=1S/C16H22N4O/c1-19(2)11-12-7-9-20(10-8-12)16(21)15-13-5-3-4-6-14(13)17-18-15/h3-6,12H,7-11H2,1-2H3,(H,17,18). The van der Waals surface area contributed by atoms with E-state index in [1.807, 2.05) is 29.2 Å². The second-order valence-corrected chi connectivity index (χ2v) is 6.12. The van der Waals surface area contributed by atoms with Crippen LogP contribution in [0.5, 0.6) is 0 Å². The number of hydrogen-bond acceptors (Lipinski definition) is 3. The molecular formula is C16H22N4O. The van der Waals surface area contributed by atoms with Crippen LogP contribution in [0.2, 0.25) is 0 Å². The van der Waals surface area contributed by atoms with Crippen molar-refractivity contribution in [2.45, 2.75) is 12.8 Å². The second kappa shape index (κ2) is 5.85. The van der Waals surface area contributed by atoms with Crippen LogP contribution < -0.4 is 0 Å². The summed E-state index contributed by atoms with van der Waals surface area (Å²) >= 11 is 0. The zero-order valence-electron chi connectivity index (χ0n) is 12.7. The number of carbonyl (C=O) groups excluding carboxylic acids is 1. The van der Waals surface area contributed by atoms with E-state index in [2.05, 4.69) is 29.2 Å². The van der Waals surface area contributed by atoms with Gasteiger partial charge < -0.3 is 9.80 Å². The Kier molecular flexibility index (Phi) is 3.92. The van der Waals surface area contributed by atoms with Crippen LogP contribution in [-0.2, 0) is 0 Å². The maximum absolute atomic E-state index is 12.6. The van der Waals surface area contributed by atoms with E-state index in [-0.39, 0.29) is 5.91 Å². The number of carbonyl (C=O) groups is 1. The summed E-state index contributed by atoms with van der Waals surface area (Å²) in [5, 5.41) is 8.07. The predicted octanol–water partition coefficient (Wildman–Crippen LogP) is 1.98. The molecule has 0 radical (unpaired) electrons. The Morgan fingerprint density at radius 1 is 1.33 bits per heavy atom. The molecule has 0 bridgehead atoms. The van der Waals surface area contributed by atoms with Gasteiger partial charge in [0.15, 0.2) is 5.69 Å². The number of piperidine rings is 1. The number of H-pyrrole nitrogens is 1. The van der Waals surface area contributed by atoms with Crippen molar-refractivity contribution in [2.75, 3.05) is 33.7 Å². The molecule has 2 aromatic rings. The molecule has 3 rings (SSSR count). The third-order valence-corrected chi connectivity index (χ3v) is 4.20. The number of hydrogen-bond donors (Lipinski definition) is 1. The summed E-state index contributed by atoms with van der Waals surface area (Å²) < 4.78 is 0. The van der Waals surface area contributed by atoms with E-state index in [1.165, 1.54) is 0 Å². The maximum Gasteiger partial charge on any atom is 0.274 e. The normalized spacial score (nSPS) is 16.8. The summed E-state index contributed by atoms with van der Waals surface area (Å²) in [4.78, 5) is 16.8. The first-order valence-corrected chi connectivity index (χ1v) is 7.52. The second-order valence-electron chi connectivity index (χ2n) is 6.12. The lowest BCUT2D eigenvalue weighted by Gasteiger charge is -2.32. The molecule has 5 nitrogen and oxygen atoms in total. The van der Waals surface area contributed by atoms with Crippen LogP contribution >= 0.6 is 0 Å². The molecule has 0 spiro atoms. The highest BCUT2D eigenvalue weighted by Crippen LogP contribution is 2.22. The lowest BCUT2D eigenvalue weighted by atomic mass is 9.96. The van der Waals surface area contributed by atoms with Gasteiger partial charge in [-0.3, -0.25) is 9.89 Å². The fourth-order valence-electron chi connectivity index (χ4n) is 3.11. The monoisotopic (exact) mass is 286 g/mol. The fraction of sp³-hybridized carbons (Fsp3) is 0.500. The number of para-hydroxylation sites is 1. The Bertz CT molecular complexity index is 626. The molecule has 0 atom stereocenters. The van der Waals surface area contributed by atoms with Crippen LogP contribution in [0.3, 0.4) is 0 Å². The van der Waals surface area contributed by atoms with E-state index in [1.54, 1.807) is 0 Å². The van der Waals surface area contributed by atoms with Crippen molar-refractivity contribution in [2.24, 2.45) is 5.92 Å². The Morgan fingerprint density at radius 2 is 2.05 bits per heavy atom. The van der Waals surface area contributed by atoms with Crippen molar-refractivity contribution < 1.29 is 4.79 Å². The molecule has 21 heavy (non-hydrogen) atoms. The highest BCUT2D eigenvalue weighted by molar-refractivity contribution is 6.04. The Balaban J connectivity index is 1.69. The molecule has 1 aliphatic rings. The SMILES string of the molecule is CN(C)CC1CCN(C(=O)c2n[nH]c3ccccc23)CC1. The molecule has 1 fully saturated rings. The molecule has 1 saturated heterocycles. The van der Waals surface area contributed by atoms with Gasteiger partial charge in [0, 0.05) is 25.0 Å². The third kappa shape index (κ3) is 2.93. The zero-order chi connectivity index (χ0) is 14.8. The summed E-state index contributed by atoms with van der Waals surface area (Å²) in [5.41, 5.74) is 1.47. The minimum atomic E-state index is 0.0516. The molecule has 1 amide bonds. The maximum atomic E-state index is 12.6. The number of benzene rings is 1. The van der Waals surface area contributed by atoms with Gasteiger partial charge in [0.1, 0.15) is 0 Å². The van der Waals surface area contributed by atoms with Crippen molar-refractivity contribution in [3.05, 3.63) is 30.0 Å². The van der Waals surface area contributed by atoms with Crippen LogP contribution in [0.1, 0.15) is 23.3 Å². The van der Waals surface area contributed by atoms with E-state index >= 15 is 0 Å². The topological polar surface area (TPSA) is 52.2 Å². The molecule has 1 aliphatic heterocycles. The van der Waals surface area contributed by atoms with Gasteiger partial charge in [0.05, 0.1) is 5.52 Å². The van der Waals surface area contributed by atoms with E-state index in [0.717, 1.165) is 43.4 Å². The van der Waals surface area contributed by atoms with E-state index in [4.69, 9.17) is 0 Å². The lowest BCUT2D eigenvalue weighted by molar-refractivity contribution is 0.0674. The van der Waals surface area contributed by atoms with E-state index in [0.29, 0.717) is 11.6 Å². The smallest absolute Gasteiger partial charge is 0.274 e. The first-order chi connectivity index (χ1) is 10.1. The predicted molar refractivity (Wildman–Crippen MR) is 83.3 cm³/mol. The fourth-order valence-corrected chi connectivity index (χ4v) is 3.11. The average Bonchev–Trinajstić information content (AvgIpc) is 2.90. The molecule has 1 aromatic carbocycles. The zero-order valence-corrected chi connectivity index (χ0v) is 12.7. The first kappa shape index (κ1) is 14.1. The average molecular weight is 286 g/mol. The molecule has 2 heterocycles. The summed E-state index contributed by atoms with van der Waals surface area (Å²) in [7, 11) is 4.21. The quantitative estimate of drug-likeness (QED) is 0.938. The molecule has 5 heteroatoms. The molecular weight excluding hydrogens is 264 g/mol. The number of fused-ring (bicyclic) bond motifs is 1. The summed E-state index contributed by atoms with van der Waals surface area (Å²) in [6.07, 6.45) is 2.15. The van der Waals surface area contributed by atoms with Crippen molar-refractivity contribution in [3.8, 4) is 0 Å². The van der Waals surface area contributed by atoms with Gasteiger partial charge in [0.25, 0.3) is 5.91 Å². The molecule has 1 aromatic heterocycles. The van der Waals surface area contributed by atoms with Crippen LogP contribution in [0.15, 0.2) is 24.3 Å². The Morgan fingerprint density at radius 3 is 2.76 bits per heavy atom. The number of likely N-dealkylation sites (tertiary alicyclic amines) is 1. The van der Waals surface area contributed by atoms with Gasteiger partial charge >= 0.3 is 0 Å². The number of nitrogens with one attached hydrogen (secondary N) is 1. The number of rotatable bonds is 3. The third-order valence-electron chi connectivity index (χ3n) is 4.20. The van der Waals surface area contributed by atoms with Crippen LogP contribution in [-0.4, -0.2) is 59.6 Å². The lowest BCUT2D eigenvalue weighted by Crippen LogP contribution is -2.40. The minimum Gasteiger partial charge on any atom is -0.337 e. The molecule has 0 aliphatic carbocycles. The van der Waals surface area contributed by atoms with E-state index < -0.39 is 0 Å². The Labute approximate surface area is 124 Å². The summed E-state index contributed by atoms with van der Waals surface area (Å²) in [5.74, 6) is 0.746. The van der Waals surface area contributed by atoms with Crippen molar-refractivity contribution in [3.63, 3.8) is 0 Å². The molecule has 112 valence electrons. The van der Waals surface area contributed by atoms with E-state index in [9.17, 15) is 4.79 Å².